The molecule has 2 aliphatic rings. The molecule has 0 spiro atoms. The van der Waals surface area contributed by atoms with Gasteiger partial charge in [-0.2, -0.15) is 0 Å². The molecule has 0 unspecified atom stereocenters. The summed E-state index contributed by atoms with van der Waals surface area (Å²) < 4.78 is 0. The van der Waals surface area contributed by atoms with Crippen LogP contribution in [0.5, 0.6) is 0 Å². The van der Waals surface area contributed by atoms with Crippen LogP contribution < -0.4 is 11.1 Å². The fraction of sp³-hybridized carbons (Fsp3) is 0.417. The summed E-state index contributed by atoms with van der Waals surface area (Å²) in [5.74, 6) is -0.0263. The number of benzene rings is 2. The highest BCUT2D eigenvalue weighted by atomic mass is 16.2. The maximum atomic E-state index is 13.2. The van der Waals surface area contributed by atoms with Gasteiger partial charge in [0.05, 0.1) is 11.4 Å². The Balaban J connectivity index is 1.56. The standard InChI is InChI=1S/C24H29N3O2/c1-16-8-5-6-11-18-14-15-21(27(18)24(16)29)23(28)26-20-13-7-12-19(22(20)25)17-9-3-2-4-10-17/h2-4,7,9-10,12-13,16,18,21H,5-6,8,11,14-15,25H2,1H3,(H,26,28)/t16-,18-,21-/m0/s1. The van der Waals surface area contributed by atoms with E-state index in [1.54, 1.807) is 0 Å². The zero-order valence-corrected chi connectivity index (χ0v) is 16.9. The number of nitrogens with two attached hydrogens (primary N) is 1. The number of carbonyl (C=O) groups is 2. The fourth-order valence-corrected chi connectivity index (χ4v) is 4.73. The summed E-state index contributed by atoms with van der Waals surface area (Å²) in [5, 5.41) is 3.01. The third-order valence-corrected chi connectivity index (χ3v) is 6.35. The SMILES string of the molecule is C[C@H]1CCCC[C@H]2CC[C@@H](C(=O)Nc3cccc(-c4ccccc4)c3N)N2C1=O. The largest absolute Gasteiger partial charge is 0.397 e. The summed E-state index contributed by atoms with van der Waals surface area (Å²) in [7, 11) is 0. The molecule has 0 bridgehead atoms. The third kappa shape index (κ3) is 3.86. The van der Waals surface area contributed by atoms with Crippen LogP contribution in [0.2, 0.25) is 0 Å². The molecule has 3 atom stereocenters. The third-order valence-electron chi connectivity index (χ3n) is 6.35. The molecule has 5 nitrogen and oxygen atoms in total. The average Bonchev–Trinajstić information content (AvgIpc) is 3.15. The van der Waals surface area contributed by atoms with Crippen molar-refractivity contribution in [3.05, 3.63) is 48.5 Å². The first-order valence-corrected chi connectivity index (χ1v) is 10.6. The first-order chi connectivity index (χ1) is 14.1. The molecule has 2 aliphatic heterocycles. The van der Waals surface area contributed by atoms with Gasteiger partial charge in [-0.05, 0) is 37.3 Å². The smallest absolute Gasteiger partial charge is 0.247 e. The van der Waals surface area contributed by atoms with Crippen molar-refractivity contribution >= 4 is 23.2 Å². The van der Waals surface area contributed by atoms with Crippen LogP contribution in [0, 0.1) is 5.92 Å². The van der Waals surface area contributed by atoms with E-state index in [-0.39, 0.29) is 23.8 Å². The molecule has 2 fully saturated rings. The molecular formula is C24H29N3O2. The summed E-state index contributed by atoms with van der Waals surface area (Å²) >= 11 is 0. The zero-order chi connectivity index (χ0) is 20.4. The fourth-order valence-electron chi connectivity index (χ4n) is 4.73. The van der Waals surface area contributed by atoms with Crippen molar-refractivity contribution in [3.63, 3.8) is 0 Å². The van der Waals surface area contributed by atoms with Crippen molar-refractivity contribution in [2.75, 3.05) is 11.1 Å². The number of para-hydroxylation sites is 1. The highest BCUT2D eigenvalue weighted by Crippen LogP contribution is 2.35. The lowest BCUT2D eigenvalue weighted by atomic mass is 9.95. The molecule has 2 aromatic carbocycles. The van der Waals surface area contributed by atoms with Gasteiger partial charge in [0.2, 0.25) is 11.8 Å². The minimum absolute atomic E-state index is 0.0160. The van der Waals surface area contributed by atoms with Crippen molar-refractivity contribution in [3.8, 4) is 11.1 Å². The van der Waals surface area contributed by atoms with Gasteiger partial charge in [0.1, 0.15) is 6.04 Å². The first-order valence-electron chi connectivity index (χ1n) is 10.6. The Labute approximate surface area is 172 Å². The van der Waals surface area contributed by atoms with Gasteiger partial charge in [0.25, 0.3) is 0 Å². The quantitative estimate of drug-likeness (QED) is 0.759. The minimum Gasteiger partial charge on any atom is -0.397 e. The van der Waals surface area contributed by atoms with Crippen molar-refractivity contribution in [1.82, 2.24) is 4.90 Å². The van der Waals surface area contributed by atoms with E-state index >= 15 is 0 Å². The van der Waals surface area contributed by atoms with Gasteiger partial charge in [-0.1, -0.05) is 62.2 Å². The van der Waals surface area contributed by atoms with E-state index in [0.29, 0.717) is 17.8 Å². The van der Waals surface area contributed by atoms with Gasteiger partial charge in [-0.25, -0.2) is 0 Å². The highest BCUT2D eigenvalue weighted by molar-refractivity contribution is 6.01. The molecule has 152 valence electrons. The molecule has 4 rings (SSSR count). The first kappa shape index (κ1) is 19.5. The summed E-state index contributed by atoms with van der Waals surface area (Å²) in [6.07, 6.45) is 5.73. The number of carbonyl (C=O) groups excluding carboxylic acids is 2. The Morgan fingerprint density at radius 3 is 2.55 bits per heavy atom. The van der Waals surface area contributed by atoms with E-state index in [1.807, 2.05) is 60.4 Å². The maximum absolute atomic E-state index is 13.2. The van der Waals surface area contributed by atoms with E-state index in [2.05, 4.69) is 5.32 Å². The van der Waals surface area contributed by atoms with Crippen LogP contribution in [0.3, 0.4) is 0 Å². The van der Waals surface area contributed by atoms with E-state index in [9.17, 15) is 9.59 Å². The van der Waals surface area contributed by atoms with Gasteiger partial charge < -0.3 is 16.0 Å². The lowest BCUT2D eigenvalue weighted by Gasteiger charge is -2.34. The topological polar surface area (TPSA) is 75.4 Å². The predicted octanol–water partition coefficient (Wildman–Crippen LogP) is 4.44. The van der Waals surface area contributed by atoms with Crippen molar-refractivity contribution in [1.29, 1.82) is 0 Å². The van der Waals surface area contributed by atoms with E-state index in [4.69, 9.17) is 5.73 Å². The average molecular weight is 392 g/mol. The van der Waals surface area contributed by atoms with Gasteiger partial charge in [0, 0.05) is 17.5 Å². The van der Waals surface area contributed by atoms with Crippen LogP contribution in [-0.4, -0.2) is 28.8 Å². The second-order valence-corrected chi connectivity index (χ2v) is 8.30. The summed E-state index contributed by atoms with van der Waals surface area (Å²) in [6.45, 7) is 1.99. The molecular weight excluding hydrogens is 362 g/mol. The molecule has 0 saturated carbocycles. The molecule has 29 heavy (non-hydrogen) atoms. The Bertz CT molecular complexity index is 896. The number of hydrogen-bond donors (Lipinski definition) is 2. The molecule has 2 aromatic rings. The summed E-state index contributed by atoms with van der Waals surface area (Å²) in [5.41, 5.74) is 9.45. The number of anilines is 2. The summed E-state index contributed by atoms with van der Waals surface area (Å²) in [6, 6.07) is 15.3. The van der Waals surface area contributed by atoms with E-state index < -0.39 is 6.04 Å². The van der Waals surface area contributed by atoms with Crippen LogP contribution in [-0.2, 0) is 9.59 Å². The monoisotopic (exact) mass is 391 g/mol. The van der Waals surface area contributed by atoms with Crippen molar-refractivity contribution < 1.29 is 9.59 Å². The number of nitrogens with one attached hydrogen (secondary N) is 1. The van der Waals surface area contributed by atoms with Crippen LogP contribution in [0.15, 0.2) is 48.5 Å². The highest BCUT2D eigenvalue weighted by Gasteiger charge is 2.42. The van der Waals surface area contributed by atoms with Gasteiger partial charge >= 0.3 is 0 Å². The van der Waals surface area contributed by atoms with Crippen LogP contribution in [0.25, 0.3) is 11.1 Å². The van der Waals surface area contributed by atoms with Crippen LogP contribution in [0.4, 0.5) is 11.4 Å². The number of nitrogens with zero attached hydrogens (tertiary/aromatic N) is 1. The number of hydrogen-bond acceptors (Lipinski definition) is 3. The lowest BCUT2D eigenvalue weighted by molar-refractivity contribution is -0.142. The molecule has 5 heteroatoms. The van der Waals surface area contributed by atoms with E-state index in [0.717, 1.165) is 43.2 Å². The Hall–Kier alpha value is -2.82. The van der Waals surface area contributed by atoms with Crippen LogP contribution >= 0.6 is 0 Å². The maximum Gasteiger partial charge on any atom is 0.247 e. The Kier molecular flexibility index (Phi) is 5.56. The second-order valence-electron chi connectivity index (χ2n) is 8.30. The van der Waals surface area contributed by atoms with Gasteiger partial charge in [0.15, 0.2) is 0 Å². The molecule has 3 N–H and O–H groups in total. The van der Waals surface area contributed by atoms with Gasteiger partial charge in [-0.15, -0.1) is 0 Å². The van der Waals surface area contributed by atoms with Gasteiger partial charge in [-0.3, -0.25) is 9.59 Å². The number of nitrogen functional groups attached to an aromatic ring is 1. The molecule has 2 heterocycles. The lowest BCUT2D eigenvalue weighted by Crippen LogP contribution is -2.49. The zero-order valence-electron chi connectivity index (χ0n) is 16.9. The minimum atomic E-state index is -0.409. The summed E-state index contributed by atoms with van der Waals surface area (Å²) in [4.78, 5) is 28.0. The predicted molar refractivity (Wildman–Crippen MR) is 116 cm³/mol. The molecule has 2 amide bonds. The molecule has 2 saturated heterocycles. The molecule has 0 aliphatic carbocycles. The van der Waals surface area contributed by atoms with E-state index in [1.165, 1.54) is 0 Å². The van der Waals surface area contributed by atoms with Crippen molar-refractivity contribution in [2.45, 2.75) is 57.5 Å². The molecule has 0 aromatic heterocycles. The second kappa shape index (κ2) is 8.27. The van der Waals surface area contributed by atoms with Crippen molar-refractivity contribution in [2.24, 2.45) is 5.92 Å². The molecule has 0 radical (unpaired) electrons. The Morgan fingerprint density at radius 1 is 1.00 bits per heavy atom. The number of rotatable bonds is 3. The number of fused-ring (bicyclic) bond motifs is 1. The Morgan fingerprint density at radius 2 is 1.76 bits per heavy atom. The number of amides is 2. The normalized spacial score (nSPS) is 24.5. The van der Waals surface area contributed by atoms with Crippen LogP contribution in [0.1, 0.15) is 45.4 Å².